The van der Waals surface area contributed by atoms with Gasteiger partial charge in [-0.3, -0.25) is 0 Å². The summed E-state index contributed by atoms with van der Waals surface area (Å²) in [5.41, 5.74) is 1.63. The summed E-state index contributed by atoms with van der Waals surface area (Å²) in [5, 5.41) is 0. The molecular weight excluding hydrogens is 278 g/mol. The van der Waals surface area contributed by atoms with Crippen molar-refractivity contribution in [3.8, 4) is 11.3 Å². The fourth-order valence-corrected chi connectivity index (χ4v) is 2.70. The minimum atomic E-state index is -3.71. The van der Waals surface area contributed by atoms with Crippen LogP contribution in [-0.2, 0) is 10.0 Å². The zero-order chi connectivity index (χ0) is 14.0. The first kappa shape index (κ1) is 12.5. The number of nitrogens with zero attached hydrogens (tertiary/aromatic N) is 1. The predicted octanol–water partition coefficient (Wildman–Crippen LogP) is 2.47. The first-order valence-corrected chi connectivity index (χ1v) is 7.30. The summed E-state index contributed by atoms with van der Waals surface area (Å²) < 4.78 is 31.4. The summed E-state index contributed by atoms with van der Waals surface area (Å²) in [6.45, 7) is 0. The maximum Gasteiger partial charge on any atom is 0.308 e. The van der Waals surface area contributed by atoms with E-state index in [4.69, 9.17) is 4.42 Å². The summed E-state index contributed by atoms with van der Waals surface area (Å²) >= 11 is 0. The Morgan fingerprint density at radius 1 is 1.20 bits per heavy atom. The first-order valence-electron chi connectivity index (χ1n) is 5.81. The van der Waals surface area contributed by atoms with E-state index in [0.717, 1.165) is 11.3 Å². The fourth-order valence-electron chi connectivity index (χ4n) is 1.76. The van der Waals surface area contributed by atoms with Gasteiger partial charge in [0.25, 0.3) is 10.0 Å². The molecule has 0 fully saturated rings. The molecule has 0 saturated carbocycles. The van der Waals surface area contributed by atoms with Crippen LogP contribution in [0.15, 0.2) is 64.4 Å². The second-order valence-electron chi connectivity index (χ2n) is 4.06. The van der Waals surface area contributed by atoms with Crippen LogP contribution in [0.2, 0.25) is 0 Å². The van der Waals surface area contributed by atoms with Gasteiger partial charge in [-0.05, 0) is 11.6 Å². The number of hydrogen-bond acceptors (Lipinski definition) is 4. The molecule has 0 bridgehead atoms. The number of benzene rings is 1. The van der Waals surface area contributed by atoms with Crippen LogP contribution in [0.3, 0.4) is 0 Å². The van der Waals surface area contributed by atoms with Crippen molar-refractivity contribution < 1.29 is 12.8 Å². The SMILES string of the molecule is O=S(=O)(Nc1ncco1)c1c[nH]c(-c2ccccc2)c1. The topological polar surface area (TPSA) is 88.0 Å². The number of aromatic amines is 1. The van der Waals surface area contributed by atoms with Crippen molar-refractivity contribution in [3.63, 3.8) is 0 Å². The largest absolute Gasteiger partial charge is 0.432 e. The van der Waals surface area contributed by atoms with Crippen LogP contribution in [0.1, 0.15) is 0 Å². The lowest BCUT2D eigenvalue weighted by molar-refractivity contribution is 0.570. The van der Waals surface area contributed by atoms with E-state index in [1.165, 1.54) is 18.7 Å². The molecule has 3 rings (SSSR count). The van der Waals surface area contributed by atoms with Crippen molar-refractivity contribution in [1.82, 2.24) is 9.97 Å². The van der Waals surface area contributed by atoms with Crippen LogP contribution in [0, 0.1) is 0 Å². The van der Waals surface area contributed by atoms with Crippen molar-refractivity contribution in [3.05, 3.63) is 55.1 Å². The Labute approximate surface area is 115 Å². The van der Waals surface area contributed by atoms with Gasteiger partial charge in [-0.1, -0.05) is 30.3 Å². The first-order chi connectivity index (χ1) is 9.65. The highest BCUT2D eigenvalue weighted by molar-refractivity contribution is 7.92. The van der Waals surface area contributed by atoms with Gasteiger partial charge in [0.1, 0.15) is 11.2 Å². The average Bonchev–Trinajstić information content (AvgIpc) is 3.10. The molecule has 0 saturated heterocycles. The molecular formula is C13H11N3O3S. The van der Waals surface area contributed by atoms with Crippen molar-refractivity contribution in [2.24, 2.45) is 0 Å². The Balaban J connectivity index is 1.90. The predicted molar refractivity (Wildman–Crippen MR) is 73.5 cm³/mol. The molecule has 0 aliphatic heterocycles. The van der Waals surface area contributed by atoms with Crippen LogP contribution < -0.4 is 4.72 Å². The Kier molecular flexibility index (Phi) is 3.03. The number of hydrogen-bond donors (Lipinski definition) is 2. The van der Waals surface area contributed by atoms with Crippen molar-refractivity contribution >= 4 is 16.0 Å². The van der Waals surface area contributed by atoms with Gasteiger partial charge >= 0.3 is 6.01 Å². The number of anilines is 1. The van der Waals surface area contributed by atoms with Gasteiger partial charge in [0, 0.05) is 11.9 Å². The lowest BCUT2D eigenvalue weighted by atomic mass is 10.2. The van der Waals surface area contributed by atoms with E-state index in [0.29, 0.717) is 0 Å². The van der Waals surface area contributed by atoms with Crippen LogP contribution in [0.25, 0.3) is 11.3 Å². The van der Waals surface area contributed by atoms with E-state index in [9.17, 15) is 8.42 Å². The quantitative estimate of drug-likeness (QED) is 0.772. The Morgan fingerprint density at radius 3 is 2.70 bits per heavy atom. The molecule has 2 aromatic heterocycles. The molecule has 1 aromatic carbocycles. The van der Waals surface area contributed by atoms with Gasteiger partial charge in [0.05, 0.1) is 6.20 Å². The fraction of sp³-hybridized carbons (Fsp3) is 0. The zero-order valence-corrected chi connectivity index (χ0v) is 11.1. The molecule has 0 amide bonds. The van der Waals surface area contributed by atoms with Crippen LogP contribution in [-0.4, -0.2) is 18.4 Å². The smallest absolute Gasteiger partial charge is 0.308 e. The summed E-state index contributed by atoms with van der Waals surface area (Å²) in [7, 11) is -3.71. The van der Waals surface area contributed by atoms with E-state index < -0.39 is 10.0 Å². The van der Waals surface area contributed by atoms with Crippen molar-refractivity contribution in [2.45, 2.75) is 4.90 Å². The highest BCUT2D eigenvalue weighted by atomic mass is 32.2. The molecule has 0 aliphatic rings. The second-order valence-corrected chi connectivity index (χ2v) is 5.74. The number of aromatic nitrogens is 2. The van der Waals surface area contributed by atoms with Crippen LogP contribution in [0.4, 0.5) is 6.01 Å². The van der Waals surface area contributed by atoms with E-state index >= 15 is 0 Å². The summed E-state index contributed by atoms with van der Waals surface area (Å²) in [6, 6.07) is 10.9. The van der Waals surface area contributed by atoms with E-state index in [1.807, 2.05) is 30.3 Å². The molecule has 0 unspecified atom stereocenters. The number of nitrogens with one attached hydrogen (secondary N) is 2. The summed E-state index contributed by atoms with van der Waals surface area (Å²) in [4.78, 5) is 6.78. The standard InChI is InChI=1S/C13H11N3O3S/c17-20(18,16-13-14-6-7-19-13)11-8-12(15-9-11)10-4-2-1-3-5-10/h1-9,15H,(H,14,16). The number of sulfonamides is 1. The third-order valence-corrected chi connectivity index (χ3v) is 4.01. The normalized spacial score (nSPS) is 11.4. The maximum atomic E-state index is 12.1. The van der Waals surface area contributed by atoms with Crippen molar-refractivity contribution in [1.29, 1.82) is 0 Å². The molecule has 0 radical (unpaired) electrons. The molecule has 2 heterocycles. The summed E-state index contributed by atoms with van der Waals surface area (Å²) in [6.07, 6.45) is 4.09. The Hall–Kier alpha value is -2.54. The van der Waals surface area contributed by atoms with Gasteiger partial charge < -0.3 is 9.40 Å². The average molecular weight is 289 g/mol. The minimum Gasteiger partial charge on any atom is -0.432 e. The van der Waals surface area contributed by atoms with Gasteiger partial charge in [0.15, 0.2) is 0 Å². The molecule has 3 aromatic rings. The highest BCUT2D eigenvalue weighted by Crippen LogP contribution is 2.22. The van der Waals surface area contributed by atoms with Gasteiger partial charge in [0.2, 0.25) is 0 Å². The Bertz CT molecular complexity index is 793. The monoisotopic (exact) mass is 289 g/mol. The maximum absolute atomic E-state index is 12.1. The van der Waals surface area contributed by atoms with E-state index in [-0.39, 0.29) is 10.9 Å². The third-order valence-electron chi connectivity index (χ3n) is 2.71. The third kappa shape index (κ3) is 2.43. The van der Waals surface area contributed by atoms with Crippen molar-refractivity contribution in [2.75, 3.05) is 4.72 Å². The number of H-pyrrole nitrogens is 1. The highest BCUT2D eigenvalue weighted by Gasteiger charge is 2.18. The second kappa shape index (κ2) is 4.86. The lowest BCUT2D eigenvalue weighted by Gasteiger charge is -2.00. The zero-order valence-electron chi connectivity index (χ0n) is 10.3. The minimum absolute atomic E-state index is 0.0625. The van der Waals surface area contributed by atoms with E-state index in [2.05, 4.69) is 14.7 Å². The molecule has 6 nitrogen and oxygen atoms in total. The molecule has 102 valence electrons. The lowest BCUT2D eigenvalue weighted by Crippen LogP contribution is -2.12. The van der Waals surface area contributed by atoms with Gasteiger partial charge in [-0.25, -0.2) is 18.1 Å². The van der Waals surface area contributed by atoms with Crippen LogP contribution in [0.5, 0.6) is 0 Å². The summed E-state index contributed by atoms with van der Waals surface area (Å²) in [5.74, 6) is 0. The van der Waals surface area contributed by atoms with E-state index in [1.54, 1.807) is 6.07 Å². The number of oxazole rings is 1. The molecule has 0 atom stereocenters. The molecule has 2 N–H and O–H groups in total. The molecule has 0 aliphatic carbocycles. The molecule has 7 heteroatoms. The molecule has 0 spiro atoms. The molecule has 20 heavy (non-hydrogen) atoms. The van der Waals surface area contributed by atoms with Gasteiger partial charge in [-0.15, -0.1) is 0 Å². The Morgan fingerprint density at radius 2 is 2.00 bits per heavy atom. The van der Waals surface area contributed by atoms with Gasteiger partial charge in [-0.2, -0.15) is 0 Å². The van der Waals surface area contributed by atoms with Crippen LogP contribution >= 0.6 is 0 Å². The number of rotatable bonds is 4.